The highest BCUT2D eigenvalue weighted by molar-refractivity contribution is 5.83. The lowest BCUT2D eigenvalue weighted by Gasteiger charge is -2.27. The molecule has 0 aromatic rings. The van der Waals surface area contributed by atoms with E-state index in [1.54, 1.807) is 19.0 Å². The predicted molar refractivity (Wildman–Crippen MR) is 80.0 cm³/mol. The lowest BCUT2D eigenvalue weighted by Crippen LogP contribution is -2.46. The number of hydrogen-bond donors (Lipinski definition) is 2. The minimum absolute atomic E-state index is 0.0497. The Hall–Kier alpha value is -1.10. The van der Waals surface area contributed by atoms with Gasteiger partial charge in [0.25, 0.3) is 0 Å². The number of likely N-dealkylation sites (N-methyl/N-ethyl adjacent to an activating group) is 1. The van der Waals surface area contributed by atoms with E-state index < -0.39 is 6.04 Å². The number of carbonyl (C=O) groups is 2. The summed E-state index contributed by atoms with van der Waals surface area (Å²) in [6, 6.07) is -0.431. The van der Waals surface area contributed by atoms with Crippen LogP contribution in [0.1, 0.15) is 45.4 Å². The molecule has 1 aliphatic rings. The first-order valence-electron chi connectivity index (χ1n) is 7.67. The Balaban J connectivity index is 2.40. The van der Waals surface area contributed by atoms with Gasteiger partial charge in [-0.2, -0.15) is 0 Å². The van der Waals surface area contributed by atoms with Crippen LogP contribution in [0.15, 0.2) is 0 Å². The molecule has 0 saturated heterocycles. The molecule has 116 valence electrons. The van der Waals surface area contributed by atoms with Crippen molar-refractivity contribution in [2.24, 2.45) is 17.6 Å². The van der Waals surface area contributed by atoms with Gasteiger partial charge in [-0.25, -0.2) is 0 Å². The maximum Gasteiger partial charge on any atom is 0.239 e. The number of nitrogens with zero attached hydrogens (tertiary/aromatic N) is 1. The highest BCUT2D eigenvalue weighted by atomic mass is 16.2. The molecule has 1 saturated carbocycles. The molecule has 2 amide bonds. The molecule has 3 N–H and O–H groups in total. The third-order valence-corrected chi connectivity index (χ3v) is 4.25. The molecule has 5 heteroatoms. The molecule has 2 unspecified atom stereocenters. The molecule has 1 rings (SSSR count). The van der Waals surface area contributed by atoms with Gasteiger partial charge in [0.2, 0.25) is 11.8 Å². The summed E-state index contributed by atoms with van der Waals surface area (Å²) in [5.74, 6) is 0.278. The van der Waals surface area contributed by atoms with E-state index in [9.17, 15) is 9.59 Å². The Labute approximate surface area is 122 Å². The standard InChI is InChI=1S/C15H29N3O2/c1-11(14(19)17-2)10-18(3)15(20)13(16)9-12-7-5-4-6-8-12/h11-13H,4-10,16H2,1-3H3,(H,17,19). The zero-order valence-electron chi connectivity index (χ0n) is 13.0. The number of nitrogens with one attached hydrogen (secondary N) is 1. The van der Waals surface area contributed by atoms with Gasteiger partial charge in [-0.15, -0.1) is 0 Å². The Morgan fingerprint density at radius 1 is 1.30 bits per heavy atom. The summed E-state index contributed by atoms with van der Waals surface area (Å²) in [5.41, 5.74) is 6.04. The Bertz CT molecular complexity index is 327. The monoisotopic (exact) mass is 283 g/mol. The van der Waals surface area contributed by atoms with Crippen molar-refractivity contribution in [3.63, 3.8) is 0 Å². The van der Waals surface area contributed by atoms with Gasteiger partial charge < -0.3 is 16.0 Å². The molecule has 2 atom stereocenters. The third-order valence-electron chi connectivity index (χ3n) is 4.25. The number of amides is 2. The lowest BCUT2D eigenvalue weighted by atomic mass is 9.85. The normalized spacial score (nSPS) is 19.2. The highest BCUT2D eigenvalue weighted by Gasteiger charge is 2.25. The molecule has 0 aromatic heterocycles. The van der Waals surface area contributed by atoms with E-state index in [-0.39, 0.29) is 17.7 Å². The summed E-state index contributed by atoms with van der Waals surface area (Å²) in [4.78, 5) is 25.3. The maximum atomic E-state index is 12.2. The highest BCUT2D eigenvalue weighted by Crippen LogP contribution is 2.27. The van der Waals surface area contributed by atoms with Crippen molar-refractivity contribution in [3.8, 4) is 0 Å². The van der Waals surface area contributed by atoms with E-state index in [2.05, 4.69) is 5.32 Å². The first kappa shape index (κ1) is 17.0. The van der Waals surface area contributed by atoms with Gasteiger partial charge in [0, 0.05) is 20.6 Å². The Morgan fingerprint density at radius 2 is 1.90 bits per heavy atom. The number of carbonyl (C=O) groups excluding carboxylic acids is 2. The summed E-state index contributed by atoms with van der Waals surface area (Å²) in [7, 11) is 3.33. The zero-order valence-corrected chi connectivity index (χ0v) is 13.0. The van der Waals surface area contributed by atoms with Crippen molar-refractivity contribution in [2.45, 2.75) is 51.5 Å². The van der Waals surface area contributed by atoms with Crippen molar-refractivity contribution in [1.82, 2.24) is 10.2 Å². The van der Waals surface area contributed by atoms with Crippen molar-refractivity contribution >= 4 is 11.8 Å². The molecular formula is C15H29N3O2. The Kier molecular flexibility index (Phi) is 6.99. The van der Waals surface area contributed by atoms with Crippen LogP contribution in [-0.4, -0.2) is 43.4 Å². The largest absolute Gasteiger partial charge is 0.359 e. The van der Waals surface area contributed by atoms with Crippen LogP contribution < -0.4 is 11.1 Å². The fourth-order valence-corrected chi connectivity index (χ4v) is 3.00. The van der Waals surface area contributed by atoms with Gasteiger partial charge in [-0.05, 0) is 12.3 Å². The SMILES string of the molecule is CNC(=O)C(C)CN(C)C(=O)C(N)CC1CCCCC1. The molecule has 0 aromatic carbocycles. The van der Waals surface area contributed by atoms with Crippen LogP contribution in [0.2, 0.25) is 0 Å². The van der Waals surface area contributed by atoms with Crippen LogP contribution in [-0.2, 0) is 9.59 Å². The van der Waals surface area contributed by atoms with Gasteiger partial charge >= 0.3 is 0 Å². The van der Waals surface area contributed by atoms with E-state index >= 15 is 0 Å². The fraction of sp³-hybridized carbons (Fsp3) is 0.867. The average Bonchev–Trinajstić information content (AvgIpc) is 2.46. The van der Waals surface area contributed by atoms with Crippen LogP contribution in [0, 0.1) is 11.8 Å². The lowest BCUT2D eigenvalue weighted by molar-refractivity contribution is -0.133. The zero-order chi connectivity index (χ0) is 15.1. The van der Waals surface area contributed by atoms with Crippen molar-refractivity contribution in [3.05, 3.63) is 0 Å². The molecule has 1 fully saturated rings. The van der Waals surface area contributed by atoms with Crippen LogP contribution in [0.4, 0.5) is 0 Å². The molecule has 0 bridgehead atoms. The van der Waals surface area contributed by atoms with Crippen molar-refractivity contribution in [1.29, 1.82) is 0 Å². The third kappa shape index (κ3) is 5.12. The molecule has 20 heavy (non-hydrogen) atoms. The van der Waals surface area contributed by atoms with Gasteiger partial charge in [0.15, 0.2) is 0 Å². The van der Waals surface area contributed by atoms with E-state index in [0.29, 0.717) is 12.5 Å². The van der Waals surface area contributed by atoms with E-state index in [0.717, 1.165) is 6.42 Å². The second-order valence-corrected chi connectivity index (χ2v) is 6.08. The first-order valence-corrected chi connectivity index (χ1v) is 7.67. The van der Waals surface area contributed by atoms with E-state index in [4.69, 9.17) is 5.73 Å². The summed E-state index contributed by atoms with van der Waals surface area (Å²) in [5, 5.41) is 2.60. The summed E-state index contributed by atoms with van der Waals surface area (Å²) in [6.45, 7) is 2.23. The van der Waals surface area contributed by atoms with Crippen molar-refractivity contribution in [2.75, 3.05) is 20.6 Å². The minimum Gasteiger partial charge on any atom is -0.359 e. The molecule has 0 radical (unpaired) electrons. The molecule has 1 aliphatic carbocycles. The molecule has 0 aliphatic heterocycles. The van der Waals surface area contributed by atoms with Crippen LogP contribution in [0.5, 0.6) is 0 Å². The molecular weight excluding hydrogens is 254 g/mol. The van der Waals surface area contributed by atoms with Crippen LogP contribution in [0.25, 0.3) is 0 Å². The minimum atomic E-state index is -0.431. The second-order valence-electron chi connectivity index (χ2n) is 6.08. The summed E-state index contributed by atoms with van der Waals surface area (Å²) in [6.07, 6.45) is 6.99. The fourth-order valence-electron chi connectivity index (χ4n) is 3.00. The van der Waals surface area contributed by atoms with E-state index in [1.165, 1.54) is 32.1 Å². The average molecular weight is 283 g/mol. The predicted octanol–water partition coefficient (Wildman–Crippen LogP) is 1.12. The number of rotatable bonds is 6. The molecule has 0 spiro atoms. The van der Waals surface area contributed by atoms with Crippen molar-refractivity contribution < 1.29 is 9.59 Å². The molecule has 5 nitrogen and oxygen atoms in total. The van der Waals surface area contributed by atoms with E-state index in [1.807, 2.05) is 6.92 Å². The summed E-state index contributed by atoms with van der Waals surface area (Å²) >= 11 is 0. The molecule has 0 heterocycles. The number of nitrogens with two attached hydrogens (primary N) is 1. The van der Waals surface area contributed by atoms with Gasteiger partial charge in [-0.3, -0.25) is 9.59 Å². The maximum absolute atomic E-state index is 12.2. The Morgan fingerprint density at radius 3 is 2.45 bits per heavy atom. The smallest absolute Gasteiger partial charge is 0.239 e. The second kappa shape index (κ2) is 8.25. The number of hydrogen-bond acceptors (Lipinski definition) is 3. The topological polar surface area (TPSA) is 75.4 Å². The van der Waals surface area contributed by atoms with Crippen LogP contribution in [0.3, 0.4) is 0 Å². The van der Waals surface area contributed by atoms with Gasteiger partial charge in [0.05, 0.1) is 12.0 Å². The first-order chi connectivity index (χ1) is 9.45. The van der Waals surface area contributed by atoms with Gasteiger partial charge in [-0.1, -0.05) is 39.0 Å². The summed E-state index contributed by atoms with van der Waals surface area (Å²) < 4.78 is 0. The van der Waals surface area contributed by atoms with Gasteiger partial charge in [0.1, 0.15) is 0 Å². The quantitative estimate of drug-likeness (QED) is 0.767. The van der Waals surface area contributed by atoms with Crippen LogP contribution >= 0.6 is 0 Å².